The largest absolute Gasteiger partial charge is 0.457 e. The Balaban J connectivity index is 1.99. The maximum Gasteiger partial charge on any atom is 0.127 e. The fraction of sp³-hybridized carbons (Fsp3) is 0.200. The molecule has 0 fully saturated rings. The van der Waals surface area contributed by atoms with E-state index in [1.54, 1.807) is 0 Å². The average molecular weight is 276 g/mol. The highest BCUT2D eigenvalue weighted by Crippen LogP contribution is 2.20. The summed E-state index contributed by atoms with van der Waals surface area (Å²) in [7, 11) is 0. The third-order valence-electron chi connectivity index (χ3n) is 2.87. The van der Waals surface area contributed by atoms with Crippen molar-refractivity contribution in [3.63, 3.8) is 0 Å². The Kier molecular flexibility index (Phi) is 5.23. The van der Waals surface area contributed by atoms with E-state index in [9.17, 15) is 0 Å². The van der Waals surface area contributed by atoms with E-state index in [1.165, 1.54) is 0 Å². The van der Waals surface area contributed by atoms with E-state index in [2.05, 4.69) is 32.3 Å². The number of hydrogen-bond acceptors (Lipinski definition) is 1. The fourth-order valence-corrected chi connectivity index (χ4v) is 1.94. The molecule has 1 heteroatoms. The predicted octanol–water partition coefficient (Wildman–Crippen LogP) is 5.43. The highest BCUT2D eigenvalue weighted by atomic mass is 16.5. The van der Waals surface area contributed by atoms with Gasteiger partial charge in [0.15, 0.2) is 0 Å². The van der Waals surface area contributed by atoms with Gasteiger partial charge in [-0.15, -0.1) is 0 Å². The van der Waals surface area contributed by atoms with Crippen molar-refractivity contribution in [3.05, 3.63) is 72.3 Å². The molecule has 21 heavy (non-hydrogen) atoms. The molecule has 0 unspecified atom stereocenters. The van der Waals surface area contributed by atoms with Gasteiger partial charge in [-0.05, 0) is 54.3 Å². The summed E-state index contributed by atoms with van der Waals surface area (Å²) in [4.78, 5) is 0. The summed E-state index contributed by atoms with van der Waals surface area (Å²) in [5.74, 6) is 8.49. The zero-order valence-corrected chi connectivity index (χ0v) is 12.6. The predicted molar refractivity (Wildman–Crippen MR) is 88.4 cm³/mol. The average Bonchev–Trinajstić information content (AvgIpc) is 2.47. The van der Waals surface area contributed by atoms with Crippen molar-refractivity contribution >= 4 is 0 Å². The third kappa shape index (κ3) is 5.20. The molecule has 0 aliphatic rings. The maximum atomic E-state index is 5.75. The van der Waals surface area contributed by atoms with E-state index in [4.69, 9.17) is 4.74 Å². The SMILES string of the molecule is C=C(C#Cc1ccc(Oc2ccccc2)cc1)CC(C)C. The molecular formula is C20H20O. The Morgan fingerprint density at radius 3 is 2.24 bits per heavy atom. The Morgan fingerprint density at radius 2 is 1.62 bits per heavy atom. The number of rotatable bonds is 4. The molecule has 0 aliphatic heterocycles. The first-order valence-corrected chi connectivity index (χ1v) is 7.16. The molecule has 0 bridgehead atoms. The minimum Gasteiger partial charge on any atom is -0.457 e. The summed E-state index contributed by atoms with van der Waals surface area (Å²) < 4.78 is 5.75. The minimum absolute atomic E-state index is 0.591. The van der Waals surface area contributed by atoms with Crippen LogP contribution >= 0.6 is 0 Å². The molecule has 0 radical (unpaired) electrons. The van der Waals surface area contributed by atoms with Gasteiger partial charge in [0.1, 0.15) is 11.5 Å². The van der Waals surface area contributed by atoms with Gasteiger partial charge in [-0.25, -0.2) is 0 Å². The van der Waals surface area contributed by atoms with E-state index in [1.807, 2.05) is 54.6 Å². The zero-order chi connectivity index (χ0) is 15.1. The highest BCUT2D eigenvalue weighted by molar-refractivity contribution is 5.43. The second kappa shape index (κ2) is 7.36. The maximum absolute atomic E-state index is 5.75. The summed E-state index contributed by atoms with van der Waals surface area (Å²) in [5.41, 5.74) is 1.95. The van der Waals surface area contributed by atoms with Gasteiger partial charge < -0.3 is 4.74 Å². The Labute approximate surface area is 127 Å². The number of para-hydroxylation sites is 1. The Bertz CT molecular complexity index is 640. The van der Waals surface area contributed by atoms with E-state index < -0.39 is 0 Å². The van der Waals surface area contributed by atoms with Gasteiger partial charge in [0, 0.05) is 5.56 Å². The molecule has 2 rings (SSSR count). The molecule has 0 heterocycles. The summed E-state index contributed by atoms with van der Waals surface area (Å²) >= 11 is 0. The van der Waals surface area contributed by atoms with Crippen LogP contribution in [0.25, 0.3) is 0 Å². The molecule has 2 aromatic carbocycles. The molecule has 0 spiro atoms. The van der Waals surface area contributed by atoms with Crippen molar-refractivity contribution in [2.75, 3.05) is 0 Å². The molecule has 0 saturated carbocycles. The van der Waals surface area contributed by atoms with Crippen molar-refractivity contribution in [2.45, 2.75) is 20.3 Å². The van der Waals surface area contributed by atoms with E-state index in [0.29, 0.717) is 5.92 Å². The standard InChI is InChI=1S/C20H20O/c1-16(2)15-17(3)9-10-18-11-13-20(14-12-18)21-19-7-5-4-6-8-19/h4-8,11-14,16H,3,15H2,1-2H3. The topological polar surface area (TPSA) is 9.23 Å². The number of ether oxygens (including phenoxy) is 1. The Morgan fingerprint density at radius 1 is 1.00 bits per heavy atom. The van der Waals surface area contributed by atoms with Crippen LogP contribution in [0, 0.1) is 17.8 Å². The summed E-state index contributed by atoms with van der Waals surface area (Å²) in [6.45, 7) is 8.32. The van der Waals surface area contributed by atoms with Crippen LogP contribution < -0.4 is 4.74 Å². The quantitative estimate of drug-likeness (QED) is 0.676. The lowest BCUT2D eigenvalue weighted by Crippen LogP contribution is -1.88. The fourth-order valence-electron chi connectivity index (χ4n) is 1.94. The van der Waals surface area contributed by atoms with Crippen LogP contribution in [-0.4, -0.2) is 0 Å². The van der Waals surface area contributed by atoms with Crippen LogP contribution in [0.15, 0.2) is 66.7 Å². The van der Waals surface area contributed by atoms with Crippen molar-refractivity contribution in [2.24, 2.45) is 5.92 Å². The van der Waals surface area contributed by atoms with Gasteiger partial charge in [0.05, 0.1) is 0 Å². The molecule has 0 aliphatic carbocycles. The molecule has 0 saturated heterocycles. The molecular weight excluding hydrogens is 256 g/mol. The van der Waals surface area contributed by atoms with Crippen LogP contribution in [0.5, 0.6) is 11.5 Å². The lowest BCUT2D eigenvalue weighted by molar-refractivity contribution is 0.482. The van der Waals surface area contributed by atoms with Crippen molar-refractivity contribution in [1.82, 2.24) is 0 Å². The molecule has 106 valence electrons. The summed E-state index contributed by atoms with van der Waals surface area (Å²) in [6, 6.07) is 17.5. The molecule has 0 N–H and O–H groups in total. The van der Waals surface area contributed by atoms with E-state index in [0.717, 1.165) is 29.1 Å². The van der Waals surface area contributed by atoms with Crippen molar-refractivity contribution in [1.29, 1.82) is 0 Å². The van der Waals surface area contributed by atoms with E-state index in [-0.39, 0.29) is 0 Å². The molecule has 0 atom stereocenters. The van der Waals surface area contributed by atoms with Crippen molar-refractivity contribution in [3.8, 4) is 23.3 Å². The first-order valence-electron chi connectivity index (χ1n) is 7.16. The second-order valence-corrected chi connectivity index (χ2v) is 5.39. The van der Waals surface area contributed by atoms with Gasteiger partial charge >= 0.3 is 0 Å². The smallest absolute Gasteiger partial charge is 0.127 e. The van der Waals surface area contributed by atoms with Crippen LogP contribution in [0.3, 0.4) is 0 Å². The Hall–Kier alpha value is -2.46. The number of hydrogen-bond donors (Lipinski definition) is 0. The first-order chi connectivity index (χ1) is 10.1. The van der Waals surface area contributed by atoms with Gasteiger partial charge in [-0.3, -0.25) is 0 Å². The van der Waals surface area contributed by atoms with Gasteiger partial charge in [0.25, 0.3) is 0 Å². The van der Waals surface area contributed by atoms with Gasteiger partial charge in [0.2, 0.25) is 0 Å². The third-order valence-corrected chi connectivity index (χ3v) is 2.87. The van der Waals surface area contributed by atoms with Crippen LogP contribution in [0.1, 0.15) is 25.8 Å². The van der Waals surface area contributed by atoms with Crippen LogP contribution in [0.2, 0.25) is 0 Å². The lowest BCUT2D eigenvalue weighted by Gasteiger charge is -2.05. The molecule has 0 amide bonds. The van der Waals surface area contributed by atoms with Gasteiger partial charge in [-0.1, -0.05) is 50.5 Å². The normalized spacial score (nSPS) is 9.86. The first kappa shape index (κ1) is 14.9. The summed E-state index contributed by atoms with van der Waals surface area (Å²) in [6.07, 6.45) is 0.947. The monoisotopic (exact) mass is 276 g/mol. The second-order valence-electron chi connectivity index (χ2n) is 5.39. The van der Waals surface area contributed by atoms with Crippen LogP contribution in [-0.2, 0) is 0 Å². The summed E-state index contributed by atoms with van der Waals surface area (Å²) in [5, 5.41) is 0. The molecule has 0 aromatic heterocycles. The lowest BCUT2D eigenvalue weighted by atomic mass is 10.0. The minimum atomic E-state index is 0.591. The molecule has 2 aromatic rings. The van der Waals surface area contributed by atoms with Crippen molar-refractivity contribution < 1.29 is 4.74 Å². The number of benzene rings is 2. The number of allylic oxidation sites excluding steroid dienone is 1. The highest BCUT2D eigenvalue weighted by Gasteiger charge is 1.97. The van der Waals surface area contributed by atoms with E-state index >= 15 is 0 Å². The zero-order valence-electron chi connectivity index (χ0n) is 12.6. The van der Waals surface area contributed by atoms with Gasteiger partial charge in [-0.2, -0.15) is 0 Å². The van der Waals surface area contributed by atoms with Crippen LogP contribution in [0.4, 0.5) is 0 Å². The molecule has 1 nitrogen and oxygen atoms in total.